The zero-order valence-electron chi connectivity index (χ0n) is 8.20. The van der Waals surface area contributed by atoms with Gasteiger partial charge in [0.1, 0.15) is 6.07 Å². The van der Waals surface area contributed by atoms with Crippen molar-refractivity contribution in [2.45, 2.75) is 19.4 Å². The van der Waals surface area contributed by atoms with E-state index in [4.69, 9.17) is 15.3 Å². The van der Waals surface area contributed by atoms with Crippen LogP contribution in [0.1, 0.15) is 18.9 Å². The third-order valence-electron chi connectivity index (χ3n) is 1.84. The fraction of sp³-hybridized carbons (Fsp3) is 0.273. The molecule has 0 N–H and O–H groups in total. The molecule has 0 fully saturated rings. The standard InChI is InChI=1S/C11H9FN2O/c1-2-9(7-14)15-11-4-3-8(6-13)5-10(11)12/h3-5,9H,2H2,1H3. The van der Waals surface area contributed by atoms with E-state index in [0.29, 0.717) is 6.42 Å². The van der Waals surface area contributed by atoms with Gasteiger partial charge in [0.2, 0.25) is 0 Å². The van der Waals surface area contributed by atoms with Crippen LogP contribution in [0.2, 0.25) is 0 Å². The van der Waals surface area contributed by atoms with Crippen molar-refractivity contribution < 1.29 is 9.13 Å². The minimum atomic E-state index is -0.660. The molecule has 0 aromatic heterocycles. The zero-order chi connectivity index (χ0) is 11.3. The van der Waals surface area contributed by atoms with Crippen molar-refractivity contribution in [2.24, 2.45) is 0 Å². The highest BCUT2D eigenvalue weighted by atomic mass is 19.1. The topological polar surface area (TPSA) is 56.8 Å². The SMILES string of the molecule is CCC(C#N)Oc1ccc(C#N)cc1F. The van der Waals surface area contributed by atoms with Crippen LogP contribution < -0.4 is 4.74 Å². The van der Waals surface area contributed by atoms with Crippen LogP contribution in [0.3, 0.4) is 0 Å². The normalized spacial score (nSPS) is 11.2. The number of ether oxygens (including phenoxy) is 1. The molecule has 1 atom stereocenters. The van der Waals surface area contributed by atoms with Gasteiger partial charge in [-0.1, -0.05) is 6.92 Å². The fourth-order valence-electron chi connectivity index (χ4n) is 1.02. The minimum Gasteiger partial charge on any atom is -0.473 e. The maximum absolute atomic E-state index is 13.3. The number of nitrogens with zero attached hydrogens (tertiary/aromatic N) is 2. The molecule has 76 valence electrons. The summed E-state index contributed by atoms with van der Waals surface area (Å²) in [6, 6.07) is 7.60. The van der Waals surface area contributed by atoms with E-state index in [1.165, 1.54) is 12.1 Å². The number of halogens is 1. The van der Waals surface area contributed by atoms with E-state index in [1.54, 1.807) is 6.92 Å². The fourth-order valence-corrected chi connectivity index (χ4v) is 1.02. The van der Waals surface area contributed by atoms with E-state index in [0.717, 1.165) is 6.07 Å². The molecular formula is C11H9FN2O. The smallest absolute Gasteiger partial charge is 0.184 e. The third kappa shape index (κ3) is 2.69. The second kappa shape index (κ2) is 4.97. The van der Waals surface area contributed by atoms with Crippen LogP contribution in [0.5, 0.6) is 5.75 Å². The van der Waals surface area contributed by atoms with E-state index < -0.39 is 11.9 Å². The minimum absolute atomic E-state index is 0.00222. The molecular weight excluding hydrogens is 195 g/mol. The van der Waals surface area contributed by atoms with Crippen molar-refractivity contribution in [3.63, 3.8) is 0 Å². The van der Waals surface area contributed by atoms with E-state index in [-0.39, 0.29) is 11.3 Å². The van der Waals surface area contributed by atoms with Crippen LogP contribution in [0.15, 0.2) is 18.2 Å². The van der Waals surface area contributed by atoms with Gasteiger partial charge in [-0.15, -0.1) is 0 Å². The first-order valence-electron chi connectivity index (χ1n) is 4.47. The largest absolute Gasteiger partial charge is 0.473 e. The monoisotopic (exact) mass is 204 g/mol. The molecule has 0 heterocycles. The highest BCUT2D eigenvalue weighted by Gasteiger charge is 2.10. The number of rotatable bonds is 3. The number of nitriles is 2. The molecule has 0 saturated heterocycles. The third-order valence-corrected chi connectivity index (χ3v) is 1.84. The van der Waals surface area contributed by atoms with Crippen molar-refractivity contribution in [3.05, 3.63) is 29.6 Å². The molecule has 3 nitrogen and oxygen atoms in total. The molecule has 1 aromatic carbocycles. The number of benzene rings is 1. The first-order chi connectivity index (χ1) is 7.21. The van der Waals surface area contributed by atoms with Gasteiger partial charge in [0.15, 0.2) is 17.7 Å². The van der Waals surface area contributed by atoms with E-state index >= 15 is 0 Å². The number of hydrogen-bond acceptors (Lipinski definition) is 3. The quantitative estimate of drug-likeness (QED) is 0.759. The predicted octanol–water partition coefficient (Wildman–Crippen LogP) is 2.38. The van der Waals surface area contributed by atoms with Crippen molar-refractivity contribution in [1.29, 1.82) is 10.5 Å². The van der Waals surface area contributed by atoms with Gasteiger partial charge in [-0.05, 0) is 24.6 Å². The lowest BCUT2D eigenvalue weighted by Gasteiger charge is -2.10. The van der Waals surface area contributed by atoms with Crippen LogP contribution in [-0.4, -0.2) is 6.10 Å². The Morgan fingerprint density at radius 3 is 2.67 bits per heavy atom. The lowest BCUT2D eigenvalue weighted by atomic mass is 10.2. The Balaban J connectivity index is 2.89. The van der Waals surface area contributed by atoms with Gasteiger partial charge in [0.05, 0.1) is 11.6 Å². The van der Waals surface area contributed by atoms with Gasteiger partial charge in [0.25, 0.3) is 0 Å². The summed E-state index contributed by atoms with van der Waals surface area (Å²) < 4.78 is 18.4. The summed E-state index contributed by atoms with van der Waals surface area (Å²) in [5.41, 5.74) is 0.227. The molecule has 0 amide bonds. The van der Waals surface area contributed by atoms with Crippen LogP contribution in [0.25, 0.3) is 0 Å². The van der Waals surface area contributed by atoms with E-state index in [1.807, 2.05) is 12.1 Å². The van der Waals surface area contributed by atoms with Crippen molar-refractivity contribution in [3.8, 4) is 17.9 Å². The molecule has 0 aliphatic heterocycles. The van der Waals surface area contributed by atoms with Gasteiger partial charge >= 0.3 is 0 Å². The molecule has 0 spiro atoms. The second-order valence-corrected chi connectivity index (χ2v) is 2.90. The Bertz CT molecular complexity index is 431. The predicted molar refractivity (Wildman–Crippen MR) is 51.4 cm³/mol. The summed E-state index contributed by atoms with van der Waals surface area (Å²) in [7, 11) is 0. The van der Waals surface area contributed by atoms with Crippen LogP contribution in [0.4, 0.5) is 4.39 Å². The first-order valence-corrected chi connectivity index (χ1v) is 4.47. The molecule has 0 aliphatic rings. The molecule has 1 unspecified atom stereocenters. The molecule has 1 rings (SSSR count). The van der Waals surface area contributed by atoms with Gasteiger partial charge in [-0.3, -0.25) is 0 Å². The summed E-state index contributed by atoms with van der Waals surface area (Å²) in [5, 5.41) is 17.1. The highest BCUT2D eigenvalue weighted by Crippen LogP contribution is 2.19. The summed E-state index contributed by atoms with van der Waals surface area (Å²) >= 11 is 0. The first kappa shape index (κ1) is 11.0. The summed E-state index contributed by atoms with van der Waals surface area (Å²) in [4.78, 5) is 0. The van der Waals surface area contributed by atoms with Gasteiger partial charge in [-0.25, -0.2) is 4.39 Å². The Hall–Kier alpha value is -2.07. The van der Waals surface area contributed by atoms with Crippen LogP contribution in [-0.2, 0) is 0 Å². The van der Waals surface area contributed by atoms with E-state index in [9.17, 15) is 4.39 Å². The lowest BCUT2D eigenvalue weighted by Crippen LogP contribution is -2.13. The summed E-state index contributed by atoms with van der Waals surface area (Å²) in [5.74, 6) is -0.620. The van der Waals surface area contributed by atoms with Gasteiger partial charge < -0.3 is 4.74 Å². The molecule has 0 saturated carbocycles. The Kier molecular flexibility index (Phi) is 3.65. The Morgan fingerprint density at radius 1 is 1.47 bits per heavy atom. The van der Waals surface area contributed by atoms with Crippen molar-refractivity contribution in [1.82, 2.24) is 0 Å². The lowest BCUT2D eigenvalue weighted by molar-refractivity contribution is 0.240. The average Bonchev–Trinajstić information content (AvgIpc) is 2.27. The molecule has 15 heavy (non-hydrogen) atoms. The van der Waals surface area contributed by atoms with Crippen molar-refractivity contribution in [2.75, 3.05) is 0 Å². The number of hydrogen-bond donors (Lipinski definition) is 0. The van der Waals surface area contributed by atoms with Crippen LogP contribution in [0, 0.1) is 28.5 Å². The molecule has 0 radical (unpaired) electrons. The van der Waals surface area contributed by atoms with Crippen molar-refractivity contribution >= 4 is 0 Å². The van der Waals surface area contributed by atoms with Gasteiger partial charge in [0, 0.05) is 0 Å². The molecule has 1 aromatic rings. The second-order valence-electron chi connectivity index (χ2n) is 2.90. The van der Waals surface area contributed by atoms with Crippen LogP contribution >= 0.6 is 0 Å². The molecule has 0 bridgehead atoms. The molecule has 4 heteroatoms. The van der Waals surface area contributed by atoms with E-state index in [2.05, 4.69) is 0 Å². The zero-order valence-corrected chi connectivity index (χ0v) is 8.20. The highest BCUT2D eigenvalue weighted by molar-refractivity contribution is 5.36. The Labute approximate surface area is 87.3 Å². The molecule has 0 aliphatic carbocycles. The average molecular weight is 204 g/mol. The summed E-state index contributed by atoms with van der Waals surface area (Å²) in [6.07, 6.45) is -0.178. The maximum atomic E-state index is 13.3. The Morgan fingerprint density at radius 2 is 2.20 bits per heavy atom. The summed E-state index contributed by atoms with van der Waals surface area (Å²) in [6.45, 7) is 1.77. The van der Waals surface area contributed by atoms with Gasteiger partial charge in [-0.2, -0.15) is 10.5 Å². The maximum Gasteiger partial charge on any atom is 0.184 e.